The number of rotatable bonds is 2. The summed E-state index contributed by atoms with van der Waals surface area (Å²) in [5.74, 6) is -0.478. The van der Waals surface area contributed by atoms with E-state index in [9.17, 15) is 10.0 Å². The van der Waals surface area contributed by atoms with Crippen LogP contribution in [0.25, 0.3) is 10.8 Å². The quantitative estimate of drug-likeness (QED) is 0.557. The molecule has 0 unspecified atom stereocenters. The van der Waals surface area contributed by atoms with Crippen molar-refractivity contribution >= 4 is 34.0 Å². The topological polar surface area (TPSA) is 40.5 Å². The van der Waals surface area contributed by atoms with Crippen LogP contribution in [0.5, 0.6) is 0 Å². The second-order valence-electron chi connectivity index (χ2n) is 4.62. The molecule has 0 fully saturated rings. The van der Waals surface area contributed by atoms with Crippen LogP contribution in [-0.4, -0.2) is 11.1 Å². The van der Waals surface area contributed by atoms with Gasteiger partial charge in [0.05, 0.1) is 5.69 Å². The summed E-state index contributed by atoms with van der Waals surface area (Å²) in [4.78, 5) is 12.5. The number of amides is 1. The van der Waals surface area contributed by atoms with Crippen LogP contribution in [-0.2, 0) is 0 Å². The molecule has 3 aromatic carbocycles. The van der Waals surface area contributed by atoms with Crippen LogP contribution in [0.4, 0.5) is 5.69 Å². The van der Waals surface area contributed by atoms with E-state index in [-0.39, 0.29) is 0 Å². The number of carbonyl (C=O) groups is 1. The van der Waals surface area contributed by atoms with E-state index in [2.05, 4.69) is 0 Å². The summed E-state index contributed by atoms with van der Waals surface area (Å²) in [6, 6.07) is 19.4. The van der Waals surface area contributed by atoms with Gasteiger partial charge in [-0.05, 0) is 41.1 Å². The molecule has 3 aromatic rings. The van der Waals surface area contributed by atoms with Crippen LogP contribution in [0.3, 0.4) is 0 Å². The number of benzene rings is 3. The Morgan fingerprint density at radius 3 is 2.33 bits per heavy atom. The Kier molecular flexibility index (Phi) is 3.60. The van der Waals surface area contributed by atoms with E-state index >= 15 is 0 Å². The molecule has 0 bridgehead atoms. The Morgan fingerprint density at radius 2 is 1.57 bits per heavy atom. The molecular weight excluding hydrogens is 286 g/mol. The zero-order chi connectivity index (χ0) is 14.8. The second kappa shape index (κ2) is 5.56. The largest absolute Gasteiger partial charge is 0.282 e. The first kappa shape index (κ1) is 13.6. The van der Waals surface area contributed by atoms with Crippen LogP contribution >= 0.6 is 11.6 Å². The first-order valence-corrected chi connectivity index (χ1v) is 6.81. The highest BCUT2D eigenvalue weighted by Gasteiger charge is 2.17. The van der Waals surface area contributed by atoms with Crippen molar-refractivity contribution in [1.29, 1.82) is 0 Å². The molecule has 3 rings (SSSR count). The lowest BCUT2D eigenvalue weighted by Gasteiger charge is -2.16. The average molecular weight is 298 g/mol. The fourth-order valence-electron chi connectivity index (χ4n) is 2.23. The minimum atomic E-state index is -0.478. The molecule has 0 saturated carbocycles. The standard InChI is InChI=1S/C17H12ClNO2/c18-13-8-10-14(11-9-13)19(21)17(20)16-7-3-5-12-4-1-2-6-15(12)16/h1-11,21H. The van der Waals surface area contributed by atoms with Crippen LogP contribution < -0.4 is 5.06 Å². The predicted octanol–water partition coefficient (Wildman–Crippen LogP) is 4.53. The third-order valence-electron chi connectivity index (χ3n) is 3.28. The minimum absolute atomic E-state index is 0.373. The van der Waals surface area contributed by atoms with Gasteiger partial charge in [0, 0.05) is 10.6 Å². The van der Waals surface area contributed by atoms with Gasteiger partial charge in [0.1, 0.15) is 0 Å². The summed E-state index contributed by atoms with van der Waals surface area (Å²) < 4.78 is 0. The van der Waals surface area contributed by atoms with Crippen molar-refractivity contribution in [3.8, 4) is 0 Å². The summed E-state index contributed by atoms with van der Waals surface area (Å²) in [7, 11) is 0. The molecule has 0 aromatic heterocycles. The maximum Gasteiger partial charge on any atom is 0.282 e. The third kappa shape index (κ3) is 2.61. The zero-order valence-corrected chi connectivity index (χ0v) is 11.8. The molecule has 0 aliphatic heterocycles. The van der Waals surface area contributed by atoms with Crippen molar-refractivity contribution in [3.63, 3.8) is 0 Å². The number of carbonyl (C=O) groups excluding carboxylic acids is 1. The fourth-order valence-corrected chi connectivity index (χ4v) is 2.35. The Bertz CT molecular complexity index is 794. The molecule has 4 heteroatoms. The van der Waals surface area contributed by atoms with E-state index < -0.39 is 5.91 Å². The Labute approximate surface area is 127 Å². The van der Waals surface area contributed by atoms with Gasteiger partial charge in [-0.15, -0.1) is 0 Å². The van der Waals surface area contributed by atoms with Gasteiger partial charge in [0.25, 0.3) is 5.91 Å². The number of halogens is 1. The minimum Gasteiger partial charge on any atom is -0.281 e. The molecule has 0 aliphatic carbocycles. The number of hydroxylamine groups is 1. The molecule has 0 spiro atoms. The molecule has 21 heavy (non-hydrogen) atoms. The van der Waals surface area contributed by atoms with Gasteiger partial charge in [-0.1, -0.05) is 48.0 Å². The highest BCUT2D eigenvalue weighted by Crippen LogP contribution is 2.23. The maximum atomic E-state index is 12.5. The number of nitrogens with zero attached hydrogens (tertiary/aromatic N) is 1. The monoisotopic (exact) mass is 297 g/mol. The first-order valence-electron chi connectivity index (χ1n) is 6.43. The lowest BCUT2D eigenvalue weighted by molar-refractivity contribution is 0.0856. The molecule has 0 heterocycles. The highest BCUT2D eigenvalue weighted by atomic mass is 35.5. The molecule has 1 N–H and O–H groups in total. The van der Waals surface area contributed by atoms with Crippen LogP contribution in [0.2, 0.25) is 5.02 Å². The molecule has 0 saturated heterocycles. The second-order valence-corrected chi connectivity index (χ2v) is 5.06. The molecule has 0 aliphatic rings. The maximum absolute atomic E-state index is 12.5. The molecule has 0 atom stereocenters. The molecule has 0 radical (unpaired) electrons. The zero-order valence-electron chi connectivity index (χ0n) is 11.0. The van der Waals surface area contributed by atoms with Gasteiger partial charge < -0.3 is 0 Å². The number of hydrogen-bond acceptors (Lipinski definition) is 2. The SMILES string of the molecule is O=C(c1cccc2ccccc12)N(O)c1ccc(Cl)cc1. The summed E-state index contributed by atoms with van der Waals surface area (Å²) in [6.07, 6.45) is 0. The van der Waals surface area contributed by atoms with Gasteiger partial charge >= 0.3 is 0 Å². The van der Waals surface area contributed by atoms with E-state index in [0.29, 0.717) is 21.3 Å². The van der Waals surface area contributed by atoms with Crippen molar-refractivity contribution in [2.24, 2.45) is 0 Å². The van der Waals surface area contributed by atoms with Gasteiger partial charge in [-0.3, -0.25) is 10.0 Å². The summed E-state index contributed by atoms with van der Waals surface area (Å²) in [5, 5.41) is 13.1. The van der Waals surface area contributed by atoms with E-state index in [0.717, 1.165) is 10.8 Å². The van der Waals surface area contributed by atoms with E-state index in [1.165, 1.54) is 0 Å². The number of anilines is 1. The first-order chi connectivity index (χ1) is 10.2. The number of hydrogen-bond donors (Lipinski definition) is 1. The normalized spacial score (nSPS) is 10.6. The van der Waals surface area contributed by atoms with Gasteiger partial charge in [-0.2, -0.15) is 5.06 Å². The van der Waals surface area contributed by atoms with E-state index in [4.69, 9.17) is 11.6 Å². The van der Waals surface area contributed by atoms with E-state index in [1.807, 2.05) is 30.3 Å². The van der Waals surface area contributed by atoms with Crippen LogP contribution in [0.15, 0.2) is 66.7 Å². The van der Waals surface area contributed by atoms with Crippen molar-refractivity contribution in [2.75, 3.05) is 5.06 Å². The molecule has 104 valence electrons. The molecular formula is C17H12ClNO2. The van der Waals surface area contributed by atoms with Crippen molar-refractivity contribution in [3.05, 3.63) is 77.3 Å². The molecule has 1 amide bonds. The van der Waals surface area contributed by atoms with Crippen molar-refractivity contribution in [2.45, 2.75) is 0 Å². The summed E-state index contributed by atoms with van der Waals surface area (Å²) in [6.45, 7) is 0. The molecule has 3 nitrogen and oxygen atoms in total. The third-order valence-corrected chi connectivity index (χ3v) is 3.54. The summed E-state index contributed by atoms with van der Waals surface area (Å²) >= 11 is 5.81. The van der Waals surface area contributed by atoms with Gasteiger partial charge in [0.15, 0.2) is 0 Å². The highest BCUT2D eigenvalue weighted by molar-refractivity contribution is 6.30. The van der Waals surface area contributed by atoms with Crippen molar-refractivity contribution in [1.82, 2.24) is 0 Å². The van der Waals surface area contributed by atoms with Crippen LogP contribution in [0.1, 0.15) is 10.4 Å². The van der Waals surface area contributed by atoms with Crippen LogP contribution in [0, 0.1) is 0 Å². The Balaban J connectivity index is 2.02. The predicted molar refractivity (Wildman–Crippen MR) is 84.0 cm³/mol. The smallest absolute Gasteiger partial charge is 0.281 e. The van der Waals surface area contributed by atoms with Gasteiger partial charge in [0.2, 0.25) is 0 Å². The van der Waals surface area contributed by atoms with Crippen molar-refractivity contribution < 1.29 is 10.0 Å². The van der Waals surface area contributed by atoms with E-state index in [1.54, 1.807) is 36.4 Å². The van der Waals surface area contributed by atoms with Gasteiger partial charge in [-0.25, -0.2) is 0 Å². The average Bonchev–Trinajstić information content (AvgIpc) is 2.53. The number of fused-ring (bicyclic) bond motifs is 1. The summed E-state index contributed by atoms with van der Waals surface area (Å²) in [5.41, 5.74) is 0.822. The Morgan fingerprint density at radius 1 is 0.905 bits per heavy atom. The Hall–Kier alpha value is -2.36. The lowest BCUT2D eigenvalue weighted by atomic mass is 10.0. The lowest BCUT2D eigenvalue weighted by Crippen LogP contribution is -2.27. The fraction of sp³-hybridized carbons (Fsp3) is 0.